The van der Waals surface area contributed by atoms with Crippen molar-refractivity contribution >= 4 is 33.8 Å². The number of aromatic nitrogens is 3. The van der Waals surface area contributed by atoms with Gasteiger partial charge in [-0.15, -0.1) is 0 Å². The number of nitrogens with zero attached hydrogens (tertiary/aromatic N) is 3. The molecule has 0 fully saturated rings. The molecule has 0 spiro atoms. The Kier molecular flexibility index (Phi) is 7.31. The molecule has 0 unspecified atom stereocenters. The van der Waals surface area contributed by atoms with Gasteiger partial charge in [0.25, 0.3) is 10.1 Å². The van der Waals surface area contributed by atoms with Crippen molar-refractivity contribution in [3.63, 3.8) is 0 Å². The molecule has 1 aromatic heterocycles. The molecule has 0 aliphatic rings. The normalized spacial score (nSPS) is 11.2. The van der Waals surface area contributed by atoms with Gasteiger partial charge >= 0.3 is 0 Å². The van der Waals surface area contributed by atoms with Gasteiger partial charge in [0.2, 0.25) is 11.9 Å². The Morgan fingerprint density at radius 1 is 1.32 bits per heavy atom. The zero-order chi connectivity index (χ0) is 16.6. The van der Waals surface area contributed by atoms with Crippen LogP contribution < -0.4 is 22.1 Å². The summed E-state index contributed by atoms with van der Waals surface area (Å²) in [5, 5.41) is 5.98. The average molecular weight is 349 g/mol. The fraction of sp³-hybridized carbons (Fsp3) is 0.500. The first-order chi connectivity index (χ1) is 10.3. The zero-order valence-electron chi connectivity index (χ0n) is 11.8. The summed E-state index contributed by atoms with van der Waals surface area (Å²) in [5.74, 6) is 0.830. The molecule has 1 aromatic rings. The highest BCUT2D eigenvalue weighted by Crippen LogP contribution is 2.17. The van der Waals surface area contributed by atoms with Gasteiger partial charge in [0.1, 0.15) is 0 Å². The average Bonchev–Trinajstić information content (AvgIpc) is 2.39. The van der Waals surface area contributed by atoms with Crippen LogP contribution in [0.4, 0.5) is 11.9 Å². The van der Waals surface area contributed by atoms with E-state index in [0.29, 0.717) is 29.9 Å². The van der Waals surface area contributed by atoms with E-state index in [0.717, 1.165) is 0 Å². The van der Waals surface area contributed by atoms with E-state index >= 15 is 0 Å². The number of anilines is 2. The van der Waals surface area contributed by atoms with E-state index < -0.39 is 10.1 Å². The fourth-order valence-corrected chi connectivity index (χ4v) is 2.75. The third-order valence-corrected chi connectivity index (χ3v) is 3.83. The Morgan fingerprint density at radius 3 is 2.59 bits per heavy atom. The lowest BCUT2D eigenvalue weighted by Crippen LogP contribution is -2.17. The van der Waals surface area contributed by atoms with Crippen LogP contribution in [0.25, 0.3) is 0 Å². The van der Waals surface area contributed by atoms with Crippen molar-refractivity contribution in [3.8, 4) is 0 Å². The second kappa shape index (κ2) is 8.73. The van der Waals surface area contributed by atoms with Crippen LogP contribution in [-0.2, 0) is 10.1 Å². The molecule has 1 heterocycles. The fourth-order valence-electron chi connectivity index (χ4n) is 1.29. The molecule has 124 valence electrons. The Hall–Kier alpha value is -1.63. The number of hydrogen-bond donors (Lipinski definition) is 5. The lowest BCUT2D eigenvalue weighted by atomic mass is 10.6. The number of rotatable bonds is 10. The number of nitrogens with one attached hydrogen (secondary N) is 2. The quantitative estimate of drug-likeness (QED) is 0.209. The van der Waals surface area contributed by atoms with E-state index in [1.54, 1.807) is 0 Å². The maximum atomic E-state index is 10.6. The molecular weight excluding hydrogens is 330 g/mol. The Balaban J connectivity index is 2.72. The minimum Gasteiger partial charge on any atom is -0.386 e. The molecule has 0 amide bonds. The van der Waals surface area contributed by atoms with Gasteiger partial charge in [-0.1, -0.05) is 18.3 Å². The molecule has 0 saturated carbocycles. The van der Waals surface area contributed by atoms with Crippen molar-refractivity contribution in [1.82, 2.24) is 15.0 Å². The van der Waals surface area contributed by atoms with Crippen LogP contribution in [0.5, 0.6) is 0 Å². The second-order valence-corrected chi connectivity index (χ2v) is 6.75. The van der Waals surface area contributed by atoms with Crippen molar-refractivity contribution in [1.29, 1.82) is 0 Å². The highest BCUT2D eigenvalue weighted by molar-refractivity contribution is 7.99. The summed E-state index contributed by atoms with van der Waals surface area (Å²) >= 11 is 1.23. The van der Waals surface area contributed by atoms with Crippen LogP contribution in [0.3, 0.4) is 0 Å². The first-order valence-corrected chi connectivity index (χ1v) is 8.89. The molecule has 0 aliphatic carbocycles. The summed E-state index contributed by atoms with van der Waals surface area (Å²) in [7, 11) is -3.96. The van der Waals surface area contributed by atoms with Crippen LogP contribution in [0.2, 0.25) is 0 Å². The lowest BCUT2D eigenvalue weighted by Gasteiger charge is -2.09. The first kappa shape index (κ1) is 18.4. The van der Waals surface area contributed by atoms with Crippen LogP contribution in [0.15, 0.2) is 17.6 Å². The van der Waals surface area contributed by atoms with Crippen molar-refractivity contribution in [2.75, 3.05) is 35.2 Å². The van der Waals surface area contributed by atoms with Gasteiger partial charge in [0.05, 0.1) is 11.6 Å². The van der Waals surface area contributed by atoms with Crippen molar-refractivity contribution in [2.24, 2.45) is 11.5 Å². The van der Waals surface area contributed by atoms with Gasteiger partial charge in [-0.2, -0.15) is 23.4 Å². The molecule has 1 rings (SSSR count). The largest absolute Gasteiger partial charge is 0.386 e. The zero-order valence-corrected chi connectivity index (χ0v) is 13.5. The van der Waals surface area contributed by atoms with Crippen LogP contribution in [-0.4, -0.2) is 52.5 Å². The minimum atomic E-state index is -3.96. The molecule has 0 aromatic carbocycles. The highest BCUT2D eigenvalue weighted by Gasteiger charge is 2.09. The molecule has 22 heavy (non-hydrogen) atoms. The van der Waals surface area contributed by atoms with E-state index in [9.17, 15) is 8.42 Å². The predicted octanol–water partition coefficient (Wildman–Crippen LogP) is -0.546. The van der Waals surface area contributed by atoms with E-state index in [4.69, 9.17) is 16.0 Å². The smallest absolute Gasteiger partial charge is 0.264 e. The SMILES string of the molecule is C=C(N)Nc1nc(NCCN)nc(SCCCS(=O)(=O)O)n1. The third-order valence-electron chi connectivity index (χ3n) is 2.09. The number of nitrogens with two attached hydrogens (primary N) is 2. The second-order valence-electron chi connectivity index (χ2n) is 4.12. The summed E-state index contributed by atoms with van der Waals surface area (Å²) < 4.78 is 29.9. The van der Waals surface area contributed by atoms with Gasteiger partial charge in [0, 0.05) is 18.8 Å². The molecule has 0 saturated heterocycles. The van der Waals surface area contributed by atoms with Gasteiger partial charge in [0.15, 0.2) is 5.16 Å². The Bertz CT molecular complexity index is 609. The lowest BCUT2D eigenvalue weighted by molar-refractivity contribution is 0.482. The van der Waals surface area contributed by atoms with Gasteiger partial charge < -0.3 is 22.1 Å². The maximum Gasteiger partial charge on any atom is 0.264 e. The Labute approximate surface area is 132 Å². The van der Waals surface area contributed by atoms with Gasteiger partial charge in [-0.3, -0.25) is 4.55 Å². The first-order valence-electron chi connectivity index (χ1n) is 6.29. The van der Waals surface area contributed by atoms with Crippen molar-refractivity contribution in [2.45, 2.75) is 11.6 Å². The molecule has 0 atom stereocenters. The highest BCUT2D eigenvalue weighted by atomic mass is 32.2. The van der Waals surface area contributed by atoms with E-state index in [-0.39, 0.29) is 23.9 Å². The molecule has 0 aliphatic heterocycles. The van der Waals surface area contributed by atoms with Crippen molar-refractivity contribution in [3.05, 3.63) is 12.4 Å². The molecule has 7 N–H and O–H groups in total. The molecular formula is C10H19N7O3S2. The summed E-state index contributed by atoms with van der Waals surface area (Å²) in [6, 6.07) is 0. The summed E-state index contributed by atoms with van der Waals surface area (Å²) in [4.78, 5) is 12.4. The number of thioether (sulfide) groups is 1. The van der Waals surface area contributed by atoms with Crippen LogP contribution >= 0.6 is 11.8 Å². The molecule has 12 heteroatoms. The van der Waals surface area contributed by atoms with E-state index in [1.165, 1.54) is 11.8 Å². The third kappa shape index (κ3) is 7.97. The molecule has 0 radical (unpaired) electrons. The molecule has 0 bridgehead atoms. The van der Waals surface area contributed by atoms with Gasteiger partial charge in [-0.05, 0) is 6.42 Å². The molecule has 10 nitrogen and oxygen atoms in total. The van der Waals surface area contributed by atoms with E-state index in [2.05, 4.69) is 32.2 Å². The monoisotopic (exact) mass is 349 g/mol. The van der Waals surface area contributed by atoms with E-state index in [1.807, 2.05) is 0 Å². The summed E-state index contributed by atoms with van der Waals surface area (Å²) in [6.45, 7) is 4.40. The van der Waals surface area contributed by atoms with Crippen molar-refractivity contribution < 1.29 is 13.0 Å². The standard InChI is InChI=1S/C10H19N7O3S2/c1-7(12)14-9-15-8(13-4-3-11)16-10(17-9)21-5-2-6-22(18,19)20/h1-6,11-12H2,(H,18,19,20)(H2,13,14,15,16,17). The maximum absolute atomic E-state index is 10.6. The van der Waals surface area contributed by atoms with Gasteiger partial charge in [-0.25, -0.2) is 0 Å². The summed E-state index contributed by atoms with van der Waals surface area (Å²) in [5.41, 5.74) is 10.8. The topological polar surface area (TPSA) is 169 Å². The Morgan fingerprint density at radius 2 is 2.00 bits per heavy atom. The minimum absolute atomic E-state index is 0.179. The predicted molar refractivity (Wildman–Crippen MR) is 86.1 cm³/mol. The summed E-state index contributed by atoms with van der Waals surface area (Å²) in [6.07, 6.45) is 0.271. The van der Waals surface area contributed by atoms with Crippen LogP contribution in [0.1, 0.15) is 6.42 Å². The van der Waals surface area contributed by atoms with Crippen LogP contribution in [0, 0.1) is 0 Å². The number of hydrogen-bond acceptors (Lipinski definition) is 10.